The van der Waals surface area contributed by atoms with Crippen LogP contribution in [0.1, 0.15) is 34.6 Å². The van der Waals surface area contributed by atoms with Crippen LogP contribution in [0, 0.1) is 0 Å². The number of fused-ring (bicyclic) bond motifs is 3. The molecule has 1 heterocycles. The summed E-state index contributed by atoms with van der Waals surface area (Å²) in [6.45, 7) is 3.28. The third-order valence-electron chi connectivity index (χ3n) is 4.08. The van der Waals surface area contributed by atoms with E-state index in [0.29, 0.717) is 4.88 Å². The Kier molecular flexibility index (Phi) is 3.98. The second-order valence-electron chi connectivity index (χ2n) is 6.19. The summed E-state index contributed by atoms with van der Waals surface area (Å²) < 4.78 is 4.73. The summed E-state index contributed by atoms with van der Waals surface area (Å²) in [5, 5.41) is 2.75. The first-order chi connectivity index (χ1) is 10.9. The lowest BCUT2D eigenvalue weighted by Crippen LogP contribution is -2.50. The normalized spacial score (nSPS) is 13.0. The summed E-state index contributed by atoms with van der Waals surface area (Å²) in [4.78, 5) is 26.0. The number of methoxy groups -OCH3 is 1. The maximum Gasteiger partial charge on any atom is 0.330 e. The van der Waals surface area contributed by atoms with Crippen LogP contribution in [0.25, 0.3) is 10.4 Å². The standard InChI is InChI=1S/C18H19NO3S/c1-18(2,17(21)22-3)19-16(20)14-10-12-9-8-11-6-4-5-7-13(11)15(12)23-14/h4-7,10H,8-9H2,1-3H3,(H,19,20). The van der Waals surface area contributed by atoms with Gasteiger partial charge in [0, 0.05) is 4.88 Å². The van der Waals surface area contributed by atoms with Gasteiger partial charge in [-0.1, -0.05) is 24.3 Å². The Labute approximate surface area is 139 Å². The van der Waals surface area contributed by atoms with Gasteiger partial charge in [0.25, 0.3) is 5.91 Å². The quantitative estimate of drug-likeness (QED) is 0.880. The van der Waals surface area contributed by atoms with Gasteiger partial charge in [-0.3, -0.25) is 4.79 Å². The molecule has 0 spiro atoms. The fourth-order valence-corrected chi connectivity index (χ4v) is 4.00. The lowest BCUT2D eigenvalue weighted by molar-refractivity contribution is -0.146. The summed E-state index contributed by atoms with van der Waals surface area (Å²) in [5.41, 5.74) is 2.69. The van der Waals surface area contributed by atoms with E-state index in [2.05, 4.69) is 17.4 Å². The first-order valence-corrected chi connectivity index (χ1v) is 8.36. The molecule has 0 saturated carbocycles. The smallest absolute Gasteiger partial charge is 0.330 e. The van der Waals surface area contributed by atoms with Crippen molar-refractivity contribution in [3.63, 3.8) is 0 Å². The average Bonchev–Trinajstić information content (AvgIpc) is 2.98. The van der Waals surface area contributed by atoms with E-state index < -0.39 is 11.5 Å². The number of aryl methyl sites for hydroxylation is 2. The van der Waals surface area contributed by atoms with Crippen LogP contribution in [0.3, 0.4) is 0 Å². The fourth-order valence-electron chi connectivity index (χ4n) is 2.84. The van der Waals surface area contributed by atoms with Crippen LogP contribution in [0.5, 0.6) is 0 Å². The summed E-state index contributed by atoms with van der Waals surface area (Å²) >= 11 is 1.48. The number of hydrogen-bond acceptors (Lipinski definition) is 4. The highest BCUT2D eigenvalue weighted by Gasteiger charge is 2.32. The molecule has 1 aromatic carbocycles. The molecule has 4 nitrogen and oxygen atoms in total. The minimum absolute atomic E-state index is 0.239. The van der Waals surface area contributed by atoms with Gasteiger partial charge in [-0.25, -0.2) is 4.79 Å². The highest BCUT2D eigenvalue weighted by Crippen LogP contribution is 2.39. The summed E-state index contributed by atoms with van der Waals surface area (Å²) in [5.74, 6) is -0.699. The highest BCUT2D eigenvalue weighted by atomic mass is 32.1. The molecule has 0 fully saturated rings. The van der Waals surface area contributed by atoms with Crippen LogP contribution in [0.2, 0.25) is 0 Å². The maximum absolute atomic E-state index is 12.5. The Hall–Kier alpha value is -2.14. The average molecular weight is 329 g/mol. The van der Waals surface area contributed by atoms with Crippen molar-refractivity contribution < 1.29 is 14.3 Å². The lowest BCUT2D eigenvalue weighted by atomic mass is 9.91. The fraction of sp³-hybridized carbons (Fsp3) is 0.333. The van der Waals surface area contributed by atoms with Crippen molar-refractivity contribution in [2.75, 3.05) is 7.11 Å². The van der Waals surface area contributed by atoms with Gasteiger partial charge in [-0.05, 0) is 49.4 Å². The zero-order valence-electron chi connectivity index (χ0n) is 13.4. The van der Waals surface area contributed by atoms with Crippen LogP contribution in [-0.2, 0) is 22.4 Å². The lowest BCUT2D eigenvalue weighted by Gasteiger charge is -2.22. The monoisotopic (exact) mass is 329 g/mol. The number of esters is 1. The van der Waals surface area contributed by atoms with Crippen molar-refractivity contribution in [1.29, 1.82) is 0 Å². The third-order valence-corrected chi connectivity index (χ3v) is 5.29. The van der Waals surface area contributed by atoms with Crippen LogP contribution < -0.4 is 5.32 Å². The van der Waals surface area contributed by atoms with Gasteiger partial charge in [0.2, 0.25) is 0 Å². The molecule has 0 aliphatic heterocycles. The van der Waals surface area contributed by atoms with E-state index >= 15 is 0 Å². The van der Waals surface area contributed by atoms with E-state index in [1.165, 1.54) is 35.1 Å². The second-order valence-corrected chi connectivity index (χ2v) is 7.25. The molecule has 0 atom stereocenters. The largest absolute Gasteiger partial charge is 0.467 e. The van der Waals surface area contributed by atoms with Crippen LogP contribution in [0.15, 0.2) is 30.3 Å². The predicted octanol–water partition coefficient (Wildman–Crippen LogP) is 3.20. The van der Waals surface area contributed by atoms with Crippen LogP contribution in [-0.4, -0.2) is 24.5 Å². The van der Waals surface area contributed by atoms with E-state index in [1.54, 1.807) is 13.8 Å². The van der Waals surface area contributed by atoms with E-state index in [1.807, 2.05) is 18.2 Å². The molecule has 1 aromatic heterocycles. The van der Waals surface area contributed by atoms with Crippen molar-refractivity contribution in [1.82, 2.24) is 5.32 Å². The summed E-state index contributed by atoms with van der Waals surface area (Å²) in [7, 11) is 1.32. The number of carbonyl (C=O) groups excluding carboxylic acids is 2. The molecule has 1 aliphatic rings. The van der Waals surface area contributed by atoms with Gasteiger partial charge >= 0.3 is 5.97 Å². The van der Waals surface area contributed by atoms with E-state index in [9.17, 15) is 9.59 Å². The van der Waals surface area contributed by atoms with E-state index in [-0.39, 0.29) is 5.91 Å². The van der Waals surface area contributed by atoms with E-state index in [0.717, 1.165) is 17.7 Å². The molecule has 0 radical (unpaired) electrons. The predicted molar refractivity (Wildman–Crippen MR) is 90.7 cm³/mol. The van der Waals surface area contributed by atoms with Crippen molar-refractivity contribution >= 4 is 23.2 Å². The Balaban J connectivity index is 1.88. The second kappa shape index (κ2) is 5.81. The molecule has 120 valence electrons. The SMILES string of the molecule is COC(=O)C(C)(C)NC(=O)c1cc2c(s1)-c1ccccc1CC2. The van der Waals surface area contributed by atoms with Crippen molar-refractivity contribution in [2.45, 2.75) is 32.2 Å². The van der Waals surface area contributed by atoms with Gasteiger partial charge in [-0.15, -0.1) is 11.3 Å². The van der Waals surface area contributed by atoms with Gasteiger partial charge in [0.05, 0.1) is 12.0 Å². The van der Waals surface area contributed by atoms with Gasteiger partial charge < -0.3 is 10.1 Å². The zero-order chi connectivity index (χ0) is 16.6. The number of amides is 1. The molecule has 1 N–H and O–H groups in total. The number of rotatable bonds is 3. The summed E-state index contributed by atoms with van der Waals surface area (Å²) in [6.07, 6.45) is 1.94. The molecule has 23 heavy (non-hydrogen) atoms. The molecule has 2 aromatic rings. The van der Waals surface area contributed by atoms with Crippen molar-refractivity contribution in [3.05, 3.63) is 46.3 Å². The minimum atomic E-state index is -1.05. The number of nitrogens with one attached hydrogen (secondary N) is 1. The Morgan fingerprint density at radius 2 is 1.87 bits per heavy atom. The number of carbonyl (C=O) groups is 2. The van der Waals surface area contributed by atoms with Crippen LogP contribution in [0.4, 0.5) is 0 Å². The number of benzene rings is 1. The number of ether oxygens (including phenoxy) is 1. The van der Waals surface area contributed by atoms with Gasteiger partial charge in [0.15, 0.2) is 0 Å². The molecular weight excluding hydrogens is 310 g/mol. The molecular formula is C18H19NO3S. The molecule has 1 aliphatic carbocycles. The minimum Gasteiger partial charge on any atom is -0.467 e. The van der Waals surface area contributed by atoms with E-state index in [4.69, 9.17) is 4.74 Å². The van der Waals surface area contributed by atoms with Gasteiger partial charge in [0.1, 0.15) is 5.54 Å². The number of hydrogen-bond donors (Lipinski definition) is 1. The molecule has 3 rings (SSSR count). The topological polar surface area (TPSA) is 55.4 Å². The molecule has 1 amide bonds. The van der Waals surface area contributed by atoms with Crippen molar-refractivity contribution in [2.24, 2.45) is 0 Å². The molecule has 0 unspecified atom stereocenters. The third kappa shape index (κ3) is 2.88. The molecule has 0 saturated heterocycles. The Morgan fingerprint density at radius 1 is 1.17 bits per heavy atom. The highest BCUT2D eigenvalue weighted by molar-refractivity contribution is 7.17. The molecule has 5 heteroatoms. The number of thiophene rings is 1. The van der Waals surface area contributed by atoms with Gasteiger partial charge in [-0.2, -0.15) is 0 Å². The Bertz CT molecular complexity index is 776. The first-order valence-electron chi connectivity index (χ1n) is 7.54. The van der Waals surface area contributed by atoms with Crippen molar-refractivity contribution in [3.8, 4) is 10.4 Å². The van der Waals surface area contributed by atoms with Crippen LogP contribution >= 0.6 is 11.3 Å². The Morgan fingerprint density at radius 3 is 2.61 bits per heavy atom. The molecule has 0 bridgehead atoms. The first kappa shape index (κ1) is 15.7. The maximum atomic E-state index is 12.5. The summed E-state index contributed by atoms with van der Waals surface area (Å²) in [6, 6.07) is 10.2. The zero-order valence-corrected chi connectivity index (χ0v) is 14.3.